The maximum atomic E-state index is 13.0. The third-order valence-electron chi connectivity index (χ3n) is 7.05. The van der Waals surface area contributed by atoms with Gasteiger partial charge in [0.1, 0.15) is 11.3 Å². The largest absolute Gasteiger partial charge is 0.377 e. The Morgan fingerprint density at radius 3 is 2.43 bits per heavy atom. The fourth-order valence-electron chi connectivity index (χ4n) is 4.78. The molecule has 0 radical (unpaired) electrons. The van der Waals surface area contributed by atoms with Gasteiger partial charge in [0.25, 0.3) is 11.6 Å². The van der Waals surface area contributed by atoms with Gasteiger partial charge in [0.05, 0.1) is 4.92 Å². The molecule has 1 saturated carbocycles. The van der Waals surface area contributed by atoms with Crippen LogP contribution < -0.4 is 10.0 Å². The van der Waals surface area contributed by atoms with Gasteiger partial charge in [-0.2, -0.15) is 0 Å². The fraction of sp³-hybridized carbons (Fsp3) is 0.536. The van der Waals surface area contributed by atoms with Crippen LogP contribution >= 0.6 is 11.9 Å². The van der Waals surface area contributed by atoms with E-state index in [0.29, 0.717) is 23.4 Å². The second-order valence-electron chi connectivity index (χ2n) is 10.0. The number of rotatable bonds is 13. The highest BCUT2D eigenvalue weighted by Crippen LogP contribution is 2.33. The molecule has 0 bridgehead atoms. The molecule has 1 amide bonds. The molecule has 202 valence electrons. The molecule has 1 aliphatic rings. The van der Waals surface area contributed by atoms with Gasteiger partial charge < -0.3 is 15.0 Å². The summed E-state index contributed by atoms with van der Waals surface area (Å²) >= 11 is 1.11. The van der Waals surface area contributed by atoms with Crippen molar-refractivity contribution in [1.29, 1.82) is 0 Å². The third-order valence-corrected chi connectivity index (χ3v) is 7.83. The lowest BCUT2D eigenvalue weighted by molar-refractivity contribution is -0.384. The van der Waals surface area contributed by atoms with Crippen LogP contribution in [-0.2, 0) is 16.0 Å². The molecule has 37 heavy (non-hydrogen) atoms. The van der Waals surface area contributed by atoms with Crippen LogP contribution in [0.4, 0.5) is 11.4 Å². The number of anilines is 1. The molecule has 0 saturated heterocycles. The van der Waals surface area contributed by atoms with E-state index in [1.807, 2.05) is 38.4 Å². The van der Waals surface area contributed by atoms with Crippen LogP contribution in [0.2, 0.25) is 0 Å². The van der Waals surface area contributed by atoms with Gasteiger partial charge in [-0.25, -0.2) is 0 Å². The molecule has 8 nitrogen and oxygen atoms in total. The minimum absolute atomic E-state index is 0.00438. The Bertz CT molecular complexity index is 1010. The minimum atomic E-state index is -0.824. The second-order valence-corrected chi connectivity index (χ2v) is 10.9. The van der Waals surface area contributed by atoms with Gasteiger partial charge in [0, 0.05) is 24.1 Å². The Hall–Kier alpha value is -2.62. The predicted octanol–water partition coefficient (Wildman–Crippen LogP) is 5.82. The monoisotopic (exact) mass is 528 g/mol. The Morgan fingerprint density at radius 1 is 1.11 bits per heavy atom. The van der Waals surface area contributed by atoms with E-state index in [9.17, 15) is 14.9 Å². The molecule has 2 aromatic carbocycles. The SMILES string of the molecule is COC1(C(=O)NSc2ccc(NC(CCc3ccccc3)CCN(C)C)c([N+](=O)[O-])c2)CCCCCC1. The maximum absolute atomic E-state index is 13.0. The van der Waals surface area contributed by atoms with Gasteiger partial charge in [-0.3, -0.25) is 19.6 Å². The van der Waals surface area contributed by atoms with E-state index in [1.165, 1.54) is 11.6 Å². The highest BCUT2D eigenvalue weighted by molar-refractivity contribution is 7.98. The molecule has 3 rings (SSSR count). The number of carbonyl (C=O) groups excluding carboxylic acids is 1. The third kappa shape index (κ3) is 8.72. The topological polar surface area (TPSA) is 96.7 Å². The molecular weight excluding hydrogens is 488 g/mol. The smallest absolute Gasteiger partial charge is 0.293 e. The Morgan fingerprint density at radius 2 is 1.81 bits per heavy atom. The summed E-state index contributed by atoms with van der Waals surface area (Å²) in [6, 6.07) is 15.4. The van der Waals surface area contributed by atoms with Crippen molar-refractivity contribution in [3.8, 4) is 0 Å². The predicted molar refractivity (Wildman–Crippen MR) is 150 cm³/mol. The van der Waals surface area contributed by atoms with Gasteiger partial charge in [-0.1, -0.05) is 56.0 Å². The van der Waals surface area contributed by atoms with Crippen molar-refractivity contribution in [3.63, 3.8) is 0 Å². The first-order valence-corrected chi connectivity index (χ1v) is 13.9. The van der Waals surface area contributed by atoms with E-state index < -0.39 is 5.60 Å². The zero-order valence-corrected chi connectivity index (χ0v) is 23.0. The van der Waals surface area contributed by atoms with Crippen LogP contribution in [0, 0.1) is 10.1 Å². The molecule has 2 N–H and O–H groups in total. The normalized spacial score (nSPS) is 16.1. The molecule has 9 heteroatoms. The van der Waals surface area contributed by atoms with Gasteiger partial charge in [0.15, 0.2) is 0 Å². The lowest BCUT2D eigenvalue weighted by Crippen LogP contribution is -2.45. The van der Waals surface area contributed by atoms with Crippen LogP contribution in [-0.4, -0.2) is 55.1 Å². The van der Waals surface area contributed by atoms with E-state index >= 15 is 0 Å². The summed E-state index contributed by atoms with van der Waals surface area (Å²) in [6.07, 6.45) is 8.12. The average molecular weight is 529 g/mol. The van der Waals surface area contributed by atoms with Gasteiger partial charge >= 0.3 is 0 Å². The number of nitro benzene ring substituents is 1. The first-order valence-electron chi connectivity index (χ1n) is 13.1. The quantitative estimate of drug-likeness (QED) is 0.146. The lowest BCUT2D eigenvalue weighted by atomic mass is 9.93. The van der Waals surface area contributed by atoms with Crippen molar-refractivity contribution in [2.24, 2.45) is 0 Å². The first-order chi connectivity index (χ1) is 17.8. The number of methoxy groups -OCH3 is 1. The summed E-state index contributed by atoms with van der Waals surface area (Å²) in [6.45, 7) is 0.876. The number of nitrogens with zero attached hydrogens (tertiary/aromatic N) is 2. The Kier molecular flexibility index (Phi) is 11.2. The molecule has 0 heterocycles. The maximum Gasteiger partial charge on any atom is 0.293 e. The molecular formula is C28H40N4O4S. The summed E-state index contributed by atoms with van der Waals surface area (Å²) in [5.41, 5.74) is 0.924. The van der Waals surface area contributed by atoms with Crippen molar-refractivity contribution in [2.75, 3.05) is 33.1 Å². The average Bonchev–Trinajstić information content (AvgIpc) is 3.16. The van der Waals surface area contributed by atoms with Crippen molar-refractivity contribution in [3.05, 3.63) is 64.2 Å². The first kappa shape index (κ1) is 28.9. The number of hydrogen-bond donors (Lipinski definition) is 2. The Balaban J connectivity index is 1.69. The van der Waals surface area contributed by atoms with E-state index in [2.05, 4.69) is 27.1 Å². The molecule has 1 atom stereocenters. The van der Waals surface area contributed by atoms with Crippen LogP contribution in [0.15, 0.2) is 53.4 Å². The van der Waals surface area contributed by atoms with Crippen LogP contribution in [0.3, 0.4) is 0 Å². The van der Waals surface area contributed by atoms with Crippen molar-refractivity contribution >= 4 is 29.2 Å². The highest BCUT2D eigenvalue weighted by Gasteiger charge is 2.38. The van der Waals surface area contributed by atoms with Crippen LogP contribution in [0.1, 0.15) is 56.9 Å². The lowest BCUT2D eigenvalue weighted by Gasteiger charge is -2.29. The number of aryl methyl sites for hydroxylation is 1. The van der Waals surface area contributed by atoms with Crippen molar-refractivity contribution in [2.45, 2.75) is 74.3 Å². The number of nitro groups is 1. The summed E-state index contributed by atoms with van der Waals surface area (Å²) in [7, 11) is 5.64. The highest BCUT2D eigenvalue weighted by atomic mass is 32.2. The van der Waals surface area contributed by atoms with Crippen molar-refractivity contribution in [1.82, 2.24) is 9.62 Å². The molecule has 0 spiro atoms. The standard InChI is InChI=1S/C28H40N4O4S/c1-31(2)20-17-23(14-13-22-11-7-6-8-12-22)29-25-16-15-24(21-26(25)32(34)35)37-30-27(33)28(36-3)18-9-4-5-10-19-28/h6-8,11-12,15-16,21,23,29H,4-5,9-10,13-14,17-20H2,1-3H3,(H,30,33). The van der Waals surface area contributed by atoms with E-state index in [4.69, 9.17) is 4.74 Å². The number of ether oxygens (including phenoxy) is 1. The molecule has 0 aliphatic heterocycles. The number of amides is 1. The van der Waals surface area contributed by atoms with Gasteiger partial charge in [0.2, 0.25) is 0 Å². The van der Waals surface area contributed by atoms with Crippen LogP contribution in [0.25, 0.3) is 0 Å². The number of hydrogen-bond acceptors (Lipinski definition) is 7. The zero-order chi connectivity index (χ0) is 26.7. The molecule has 1 unspecified atom stereocenters. The van der Waals surface area contributed by atoms with Gasteiger partial charge in [-0.05, 0) is 82.4 Å². The number of nitrogens with one attached hydrogen (secondary N) is 2. The summed E-state index contributed by atoms with van der Waals surface area (Å²) in [5, 5.41) is 15.4. The zero-order valence-electron chi connectivity index (χ0n) is 22.2. The fourth-order valence-corrected chi connectivity index (χ4v) is 5.48. The van der Waals surface area contributed by atoms with E-state index in [0.717, 1.165) is 63.4 Å². The second kappa shape index (κ2) is 14.4. The van der Waals surface area contributed by atoms with Crippen molar-refractivity contribution < 1.29 is 14.5 Å². The Labute approximate surface area is 224 Å². The van der Waals surface area contributed by atoms with Gasteiger partial charge in [-0.15, -0.1) is 0 Å². The molecule has 1 fully saturated rings. The van der Waals surface area contributed by atoms with E-state index in [1.54, 1.807) is 13.2 Å². The number of carbonyl (C=O) groups is 1. The summed E-state index contributed by atoms with van der Waals surface area (Å²) in [5.74, 6) is -0.170. The van der Waals surface area contributed by atoms with E-state index in [-0.39, 0.29) is 22.6 Å². The molecule has 0 aromatic heterocycles. The summed E-state index contributed by atoms with van der Waals surface area (Å²) in [4.78, 5) is 27.3. The summed E-state index contributed by atoms with van der Waals surface area (Å²) < 4.78 is 8.57. The molecule has 1 aliphatic carbocycles. The van der Waals surface area contributed by atoms with Crippen LogP contribution in [0.5, 0.6) is 0 Å². The molecule has 2 aromatic rings. The minimum Gasteiger partial charge on any atom is -0.377 e. The number of benzene rings is 2.